The molecule has 0 unspecified atom stereocenters. The van der Waals surface area contributed by atoms with Gasteiger partial charge in [0.05, 0.1) is 67.0 Å². The van der Waals surface area contributed by atoms with Crippen molar-refractivity contribution in [3.8, 4) is 33.9 Å². The van der Waals surface area contributed by atoms with Crippen LogP contribution in [0.2, 0.25) is 0 Å². The molecule has 0 radical (unpaired) electrons. The van der Waals surface area contributed by atoms with E-state index in [1.807, 2.05) is 96.8 Å². The van der Waals surface area contributed by atoms with E-state index in [4.69, 9.17) is 14.7 Å². The zero-order valence-electron chi connectivity index (χ0n) is 31.3. The van der Waals surface area contributed by atoms with Crippen molar-refractivity contribution in [2.45, 2.75) is 56.7 Å². The van der Waals surface area contributed by atoms with E-state index < -0.39 is 12.1 Å². The van der Waals surface area contributed by atoms with Crippen LogP contribution in [-0.4, -0.2) is 77.8 Å². The second kappa shape index (κ2) is 16.0. The van der Waals surface area contributed by atoms with Crippen LogP contribution < -0.4 is 5.32 Å². The molecule has 5 heterocycles. The smallest absolute Gasteiger partial charge is 0.407 e. The van der Waals surface area contributed by atoms with Gasteiger partial charge < -0.3 is 29.8 Å². The van der Waals surface area contributed by atoms with E-state index in [0.29, 0.717) is 30.2 Å². The number of H-pyrrole nitrogens is 2. The lowest BCUT2D eigenvalue weighted by Crippen LogP contribution is -2.42. The van der Waals surface area contributed by atoms with Crippen molar-refractivity contribution in [1.29, 1.82) is 0 Å². The van der Waals surface area contributed by atoms with Crippen LogP contribution in [0.15, 0.2) is 110 Å². The number of aromatic amines is 2. The Hall–Kier alpha value is -6.63. The van der Waals surface area contributed by atoms with Gasteiger partial charge in [-0.25, -0.2) is 14.8 Å². The molecule has 13 heteroatoms. The molecule has 0 spiro atoms. The van der Waals surface area contributed by atoms with Crippen molar-refractivity contribution in [3.05, 3.63) is 132 Å². The fraction of sp³-hybridized carbons (Fsp3) is 0.279. The number of imidazole rings is 2. The molecule has 284 valence electrons. The van der Waals surface area contributed by atoms with Gasteiger partial charge in [0.15, 0.2) is 0 Å². The number of methoxy groups -OCH3 is 1. The van der Waals surface area contributed by atoms with Crippen molar-refractivity contribution in [3.63, 3.8) is 0 Å². The van der Waals surface area contributed by atoms with E-state index in [9.17, 15) is 14.4 Å². The summed E-state index contributed by atoms with van der Waals surface area (Å²) in [7, 11) is 1.28. The third-order valence-electron chi connectivity index (χ3n) is 10.8. The lowest BCUT2D eigenvalue weighted by atomic mass is 9.99. The number of hydrogen-bond acceptors (Lipinski definition) is 8. The maximum atomic E-state index is 13.9. The first-order valence-electron chi connectivity index (χ1n) is 19.0. The largest absolute Gasteiger partial charge is 0.453 e. The van der Waals surface area contributed by atoms with Gasteiger partial charge in [-0.1, -0.05) is 84.9 Å². The van der Waals surface area contributed by atoms with E-state index in [1.165, 1.54) is 7.11 Å². The minimum atomic E-state index is -0.880. The summed E-state index contributed by atoms with van der Waals surface area (Å²) in [6.07, 6.45) is 9.69. The molecule has 8 rings (SSSR count). The van der Waals surface area contributed by atoms with Crippen LogP contribution in [0.25, 0.3) is 33.9 Å². The molecule has 2 saturated heterocycles. The first-order chi connectivity index (χ1) is 27.4. The summed E-state index contributed by atoms with van der Waals surface area (Å²) in [5.74, 6) is 1.11. The molecule has 3 amide bonds. The van der Waals surface area contributed by atoms with Gasteiger partial charge in [-0.15, -0.1) is 0 Å². The van der Waals surface area contributed by atoms with Crippen LogP contribution in [0.4, 0.5) is 4.79 Å². The highest BCUT2D eigenvalue weighted by atomic mass is 16.5. The third kappa shape index (κ3) is 7.39. The van der Waals surface area contributed by atoms with Gasteiger partial charge in [-0.05, 0) is 49.3 Å². The van der Waals surface area contributed by atoms with Gasteiger partial charge in [-0.2, -0.15) is 0 Å². The summed E-state index contributed by atoms with van der Waals surface area (Å²) in [6, 6.07) is 25.8. The monoisotopic (exact) mass is 749 g/mol. The number of alkyl carbamates (subject to hydrolysis) is 1. The Morgan fingerprint density at radius 3 is 1.80 bits per heavy atom. The second-order valence-electron chi connectivity index (χ2n) is 14.2. The maximum absolute atomic E-state index is 13.9. The Kier molecular flexibility index (Phi) is 10.4. The predicted octanol–water partition coefficient (Wildman–Crippen LogP) is 7.15. The second-order valence-corrected chi connectivity index (χ2v) is 14.2. The standard InChI is InChI=1S/C43H43N9O4/c1-27(28-11-5-3-6-12-28)41(53)51-21-9-15-36(51)40-47-26-35(49-40)34-25-44-32(23-45-34)29-17-19-30(20-18-29)33-24-46-39(48-33)37-16-10-22-52(37)42(54)38(50-43(55)56-2)31-13-7-4-8-14-31/h3-8,11-14,17-20,23-27,36-38H,9-10,15-16,21-22H2,1-2H3,(H,46,48)(H,47,49)(H,50,55)/t27-,36+,37+,38-/m1/s1. The molecule has 2 fully saturated rings. The molecular formula is C43H43N9O4. The number of nitrogens with one attached hydrogen (secondary N) is 3. The SMILES string of the molecule is COC(=O)N[C@@H](C(=O)N1CCC[C@H]1c1ncc(-c2ccc(-c3cnc(-c4cnc([C@@H]5CCCN5C(=O)[C@H](C)c5ccccc5)[nH]4)cn3)cc2)[nH]1)c1ccccc1. The van der Waals surface area contributed by atoms with E-state index in [0.717, 1.165) is 65.3 Å². The van der Waals surface area contributed by atoms with Gasteiger partial charge in [0, 0.05) is 18.7 Å². The van der Waals surface area contributed by atoms with Crippen LogP contribution in [0.3, 0.4) is 0 Å². The Labute approximate surface area is 324 Å². The summed E-state index contributed by atoms with van der Waals surface area (Å²) in [5, 5.41) is 2.71. The highest BCUT2D eigenvalue weighted by Gasteiger charge is 2.37. The summed E-state index contributed by atoms with van der Waals surface area (Å²) in [6.45, 7) is 3.22. The van der Waals surface area contributed by atoms with Crippen LogP contribution in [0.5, 0.6) is 0 Å². The van der Waals surface area contributed by atoms with Crippen molar-refractivity contribution in [1.82, 2.24) is 45.0 Å². The molecule has 3 aromatic carbocycles. The van der Waals surface area contributed by atoms with Gasteiger partial charge in [0.25, 0.3) is 5.91 Å². The molecule has 0 saturated carbocycles. The van der Waals surface area contributed by atoms with Crippen molar-refractivity contribution >= 4 is 17.9 Å². The molecule has 13 nitrogen and oxygen atoms in total. The summed E-state index contributed by atoms with van der Waals surface area (Å²) in [5.41, 5.74) is 6.49. The lowest BCUT2D eigenvalue weighted by Gasteiger charge is -2.28. The van der Waals surface area contributed by atoms with Crippen LogP contribution in [-0.2, 0) is 14.3 Å². The Morgan fingerprint density at radius 2 is 1.20 bits per heavy atom. The number of rotatable bonds is 10. The lowest BCUT2D eigenvalue weighted by molar-refractivity contribution is -0.135. The van der Waals surface area contributed by atoms with Crippen LogP contribution in [0, 0.1) is 0 Å². The summed E-state index contributed by atoms with van der Waals surface area (Å²) < 4.78 is 4.82. The summed E-state index contributed by atoms with van der Waals surface area (Å²) in [4.78, 5) is 68.9. The Morgan fingerprint density at radius 1 is 0.661 bits per heavy atom. The molecule has 2 aliphatic heterocycles. The Bertz CT molecular complexity index is 2290. The fourth-order valence-electron chi connectivity index (χ4n) is 7.76. The van der Waals surface area contributed by atoms with E-state index in [1.54, 1.807) is 29.7 Å². The van der Waals surface area contributed by atoms with Crippen molar-refractivity contribution < 1.29 is 19.1 Å². The minimum Gasteiger partial charge on any atom is -0.453 e. The quantitative estimate of drug-likeness (QED) is 0.133. The number of benzene rings is 3. The number of hydrogen-bond donors (Lipinski definition) is 3. The van der Waals surface area contributed by atoms with Crippen molar-refractivity contribution in [2.24, 2.45) is 0 Å². The predicted molar refractivity (Wildman–Crippen MR) is 210 cm³/mol. The van der Waals surface area contributed by atoms with Crippen molar-refractivity contribution in [2.75, 3.05) is 20.2 Å². The average Bonchev–Trinajstić information content (AvgIpc) is 4.10. The summed E-state index contributed by atoms with van der Waals surface area (Å²) >= 11 is 0. The first kappa shape index (κ1) is 36.4. The third-order valence-corrected chi connectivity index (χ3v) is 10.8. The fourth-order valence-corrected chi connectivity index (χ4v) is 7.76. The topological polar surface area (TPSA) is 162 Å². The van der Waals surface area contributed by atoms with E-state index in [-0.39, 0.29) is 29.8 Å². The zero-order chi connectivity index (χ0) is 38.6. The van der Waals surface area contributed by atoms with Crippen LogP contribution >= 0.6 is 0 Å². The van der Waals surface area contributed by atoms with Gasteiger partial charge in [0.2, 0.25) is 5.91 Å². The molecule has 56 heavy (non-hydrogen) atoms. The molecular weight excluding hydrogens is 707 g/mol. The molecule has 4 atom stereocenters. The highest BCUT2D eigenvalue weighted by molar-refractivity contribution is 5.87. The number of carbonyl (C=O) groups is 3. The van der Waals surface area contributed by atoms with E-state index >= 15 is 0 Å². The van der Waals surface area contributed by atoms with Crippen LogP contribution in [0.1, 0.15) is 79.4 Å². The number of likely N-dealkylation sites (tertiary alicyclic amines) is 2. The Balaban J connectivity index is 0.925. The normalized spacial score (nSPS) is 17.8. The number of aromatic nitrogens is 6. The molecule has 3 aromatic heterocycles. The number of ether oxygens (including phenoxy) is 1. The number of amides is 3. The van der Waals surface area contributed by atoms with E-state index in [2.05, 4.69) is 25.3 Å². The van der Waals surface area contributed by atoms with Gasteiger partial charge in [-0.3, -0.25) is 19.6 Å². The number of carbonyl (C=O) groups excluding carboxylic acids is 3. The highest BCUT2D eigenvalue weighted by Crippen LogP contribution is 2.36. The first-order valence-corrected chi connectivity index (χ1v) is 19.0. The molecule has 0 bridgehead atoms. The maximum Gasteiger partial charge on any atom is 0.407 e. The molecule has 3 N–H and O–H groups in total. The average molecular weight is 750 g/mol. The molecule has 0 aliphatic carbocycles. The van der Waals surface area contributed by atoms with Gasteiger partial charge in [0.1, 0.15) is 23.4 Å². The number of nitrogens with zero attached hydrogens (tertiary/aromatic N) is 6. The minimum absolute atomic E-state index is 0.107. The molecule has 2 aliphatic rings. The molecule has 6 aromatic rings. The van der Waals surface area contributed by atoms with Gasteiger partial charge >= 0.3 is 6.09 Å². The zero-order valence-corrected chi connectivity index (χ0v) is 31.3.